The van der Waals surface area contributed by atoms with Crippen LogP contribution in [0, 0.1) is 13.8 Å². The minimum atomic E-state index is 0.380. The summed E-state index contributed by atoms with van der Waals surface area (Å²) >= 11 is 5.57. The fraction of sp³-hybridized carbons (Fsp3) is 0.143. The van der Waals surface area contributed by atoms with Crippen LogP contribution in [0.3, 0.4) is 0 Å². The number of methoxy groups -OCH3 is 1. The van der Waals surface area contributed by atoms with E-state index >= 15 is 0 Å². The summed E-state index contributed by atoms with van der Waals surface area (Å²) in [6.45, 7) is 4.24. The topological polar surface area (TPSA) is 95.5 Å². The molecule has 4 rings (SSSR count). The van der Waals surface area contributed by atoms with Gasteiger partial charge in [-0.25, -0.2) is 15.0 Å². The summed E-state index contributed by atoms with van der Waals surface area (Å²) in [5.74, 6) is 1.64. The van der Waals surface area contributed by atoms with Crippen molar-refractivity contribution in [1.82, 2.24) is 15.3 Å². The third-order valence-corrected chi connectivity index (χ3v) is 5.41. The molecule has 4 N–H and O–H groups in total. The molecule has 4 aromatic rings. The zero-order valence-corrected chi connectivity index (χ0v) is 21.8. The smallest absolute Gasteiger partial charge is 0.229 e. The van der Waals surface area contributed by atoms with Gasteiger partial charge in [-0.1, -0.05) is 30.3 Å². The summed E-state index contributed by atoms with van der Waals surface area (Å²) in [7, 11) is 1.64. The van der Waals surface area contributed by atoms with Crippen molar-refractivity contribution in [2.75, 3.05) is 23.1 Å². The number of para-hydroxylation sites is 1. The second-order valence-corrected chi connectivity index (χ2v) is 8.67. The first kappa shape index (κ1) is 25.6. The molecule has 0 saturated carbocycles. The van der Waals surface area contributed by atoms with Crippen LogP contribution in [0.15, 0.2) is 89.9 Å². The van der Waals surface area contributed by atoms with Gasteiger partial charge in [0.1, 0.15) is 5.75 Å². The van der Waals surface area contributed by atoms with Crippen molar-refractivity contribution in [3.05, 3.63) is 102 Å². The SMILES string of the molecule is COc1cccc(CN=C(NC(=S)Nc2ccc(Nc3ccccc3)cc2)Nc2nc(C)cc(C)n2)c1. The number of aryl methyl sites for hydroxylation is 2. The number of nitrogens with zero attached hydrogens (tertiary/aromatic N) is 3. The van der Waals surface area contributed by atoms with E-state index in [9.17, 15) is 0 Å². The van der Waals surface area contributed by atoms with E-state index in [0.29, 0.717) is 23.6 Å². The lowest BCUT2D eigenvalue weighted by atomic mass is 10.2. The van der Waals surface area contributed by atoms with Crippen LogP contribution < -0.4 is 26.0 Å². The zero-order chi connectivity index (χ0) is 26.0. The molecule has 0 spiro atoms. The summed E-state index contributed by atoms with van der Waals surface area (Å²) < 4.78 is 5.32. The van der Waals surface area contributed by atoms with E-state index in [2.05, 4.69) is 36.2 Å². The van der Waals surface area contributed by atoms with Crippen molar-refractivity contribution in [1.29, 1.82) is 0 Å². The van der Waals surface area contributed by atoms with Gasteiger partial charge in [-0.15, -0.1) is 0 Å². The van der Waals surface area contributed by atoms with Crippen LogP contribution in [0.5, 0.6) is 5.75 Å². The molecule has 8 nitrogen and oxygen atoms in total. The maximum Gasteiger partial charge on any atom is 0.229 e. The molecule has 0 bridgehead atoms. The Hall–Kier alpha value is -4.50. The number of aromatic nitrogens is 2. The summed E-state index contributed by atoms with van der Waals surface area (Å²) in [5, 5.41) is 13.2. The first-order chi connectivity index (χ1) is 18.0. The van der Waals surface area contributed by atoms with E-state index in [4.69, 9.17) is 17.0 Å². The van der Waals surface area contributed by atoms with Gasteiger partial charge in [0, 0.05) is 28.5 Å². The van der Waals surface area contributed by atoms with Crippen LogP contribution in [0.25, 0.3) is 0 Å². The van der Waals surface area contributed by atoms with Gasteiger partial charge in [0.25, 0.3) is 0 Å². The first-order valence-electron chi connectivity index (χ1n) is 11.7. The summed E-state index contributed by atoms with van der Waals surface area (Å²) in [6, 6.07) is 27.5. The molecule has 0 aliphatic rings. The summed E-state index contributed by atoms with van der Waals surface area (Å²) in [5.41, 5.74) is 5.54. The van der Waals surface area contributed by atoms with E-state index in [1.54, 1.807) is 7.11 Å². The van der Waals surface area contributed by atoms with E-state index in [1.165, 1.54) is 0 Å². The fourth-order valence-corrected chi connectivity index (χ4v) is 3.75. The average molecular weight is 512 g/mol. The molecule has 0 amide bonds. The Bertz CT molecular complexity index is 1350. The Morgan fingerprint density at radius 2 is 1.49 bits per heavy atom. The molecule has 1 aromatic heterocycles. The number of guanidine groups is 1. The fourth-order valence-electron chi connectivity index (χ4n) is 3.53. The Morgan fingerprint density at radius 3 is 2.19 bits per heavy atom. The number of anilines is 4. The molecule has 0 aliphatic carbocycles. The lowest BCUT2D eigenvalue weighted by molar-refractivity contribution is 0.414. The molecule has 9 heteroatoms. The monoisotopic (exact) mass is 511 g/mol. The van der Waals surface area contributed by atoms with Crippen LogP contribution in [0.1, 0.15) is 17.0 Å². The van der Waals surface area contributed by atoms with E-state index < -0.39 is 0 Å². The summed E-state index contributed by atoms with van der Waals surface area (Å²) in [6.07, 6.45) is 0. The molecular weight excluding hydrogens is 482 g/mol. The van der Waals surface area contributed by atoms with Crippen molar-refractivity contribution in [2.24, 2.45) is 4.99 Å². The predicted octanol–water partition coefficient (Wildman–Crippen LogP) is 5.80. The highest BCUT2D eigenvalue weighted by atomic mass is 32.1. The average Bonchev–Trinajstić information content (AvgIpc) is 2.88. The number of nitrogens with one attached hydrogen (secondary N) is 4. The Labute approximate surface area is 222 Å². The predicted molar refractivity (Wildman–Crippen MR) is 155 cm³/mol. The molecule has 0 saturated heterocycles. The van der Waals surface area contributed by atoms with Gasteiger partial charge in [0.2, 0.25) is 11.9 Å². The van der Waals surface area contributed by atoms with Gasteiger partial charge < -0.3 is 20.7 Å². The van der Waals surface area contributed by atoms with Gasteiger partial charge >= 0.3 is 0 Å². The van der Waals surface area contributed by atoms with Gasteiger partial charge in [-0.3, -0.25) is 5.32 Å². The third kappa shape index (κ3) is 8.01. The highest BCUT2D eigenvalue weighted by Crippen LogP contribution is 2.19. The van der Waals surface area contributed by atoms with Crippen molar-refractivity contribution in [3.8, 4) is 5.75 Å². The largest absolute Gasteiger partial charge is 0.497 e. The maximum absolute atomic E-state index is 5.57. The van der Waals surface area contributed by atoms with Crippen molar-refractivity contribution < 1.29 is 4.74 Å². The van der Waals surface area contributed by atoms with Crippen LogP contribution in [-0.4, -0.2) is 28.1 Å². The molecule has 0 radical (unpaired) electrons. The minimum absolute atomic E-state index is 0.380. The number of rotatable bonds is 7. The van der Waals surface area contributed by atoms with Crippen molar-refractivity contribution in [3.63, 3.8) is 0 Å². The van der Waals surface area contributed by atoms with Gasteiger partial charge in [0.15, 0.2) is 5.11 Å². The molecule has 188 valence electrons. The summed E-state index contributed by atoms with van der Waals surface area (Å²) in [4.78, 5) is 13.6. The van der Waals surface area contributed by atoms with Gasteiger partial charge in [-0.05, 0) is 86.2 Å². The molecule has 0 aliphatic heterocycles. The van der Waals surface area contributed by atoms with Crippen LogP contribution in [-0.2, 0) is 6.54 Å². The molecule has 1 heterocycles. The quantitative estimate of drug-likeness (QED) is 0.140. The normalized spacial score (nSPS) is 10.9. The molecular formula is C28H29N7OS. The number of hydrogen-bond donors (Lipinski definition) is 4. The minimum Gasteiger partial charge on any atom is -0.497 e. The zero-order valence-electron chi connectivity index (χ0n) is 20.9. The molecule has 0 unspecified atom stereocenters. The number of benzene rings is 3. The number of aliphatic imine (C=N–C) groups is 1. The molecule has 37 heavy (non-hydrogen) atoms. The lowest BCUT2D eigenvalue weighted by Crippen LogP contribution is -2.39. The standard InChI is InChI=1S/C28H29N7OS/c1-19-16-20(2)31-27(30-19)34-26(29-18-21-8-7-11-25(17-21)36-3)35-28(37)33-24-14-12-23(13-15-24)32-22-9-5-4-6-10-22/h4-17,32H,18H2,1-3H3,(H3,29,30,31,33,34,35,37). The van der Waals surface area contributed by atoms with Crippen molar-refractivity contribution >= 4 is 46.3 Å². The molecule has 0 fully saturated rings. The second kappa shape index (κ2) is 12.5. The van der Waals surface area contributed by atoms with Gasteiger partial charge in [0.05, 0.1) is 13.7 Å². The van der Waals surface area contributed by atoms with E-state index in [1.807, 2.05) is 98.8 Å². The van der Waals surface area contributed by atoms with Crippen molar-refractivity contribution in [2.45, 2.75) is 20.4 Å². The Morgan fingerprint density at radius 1 is 0.811 bits per heavy atom. The Balaban J connectivity index is 1.45. The van der Waals surface area contributed by atoms with Crippen LogP contribution >= 0.6 is 12.2 Å². The Kier molecular flexibility index (Phi) is 8.62. The number of thiocarbonyl (C=S) groups is 1. The second-order valence-electron chi connectivity index (χ2n) is 8.26. The lowest BCUT2D eigenvalue weighted by Gasteiger charge is -2.15. The van der Waals surface area contributed by atoms with E-state index in [0.717, 1.165) is 39.8 Å². The number of ether oxygens (including phenoxy) is 1. The van der Waals surface area contributed by atoms with Crippen LogP contribution in [0.4, 0.5) is 23.0 Å². The highest BCUT2D eigenvalue weighted by Gasteiger charge is 2.08. The molecule has 3 aromatic carbocycles. The van der Waals surface area contributed by atoms with Crippen LogP contribution in [0.2, 0.25) is 0 Å². The first-order valence-corrected chi connectivity index (χ1v) is 12.1. The highest BCUT2D eigenvalue weighted by molar-refractivity contribution is 7.80. The van der Waals surface area contributed by atoms with E-state index in [-0.39, 0.29) is 0 Å². The number of hydrogen-bond acceptors (Lipinski definition) is 6. The van der Waals surface area contributed by atoms with Gasteiger partial charge in [-0.2, -0.15) is 0 Å². The maximum atomic E-state index is 5.57. The third-order valence-electron chi connectivity index (χ3n) is 5.20. The molecule has 0 atom stereocenters.